The molecule has 1 atom stereocenters. The molecule has 1 aromatic carbocycles. The molecule has 2 rings (SSSR count). The Labute approximate surface area is 97.0 Å². The fourth-order valence-electron chi connectivity index (χ4n) is 1.58. The highest BCUT2D eigenvalue weighted by Crippen LogP contribution is 2.35. The molecule has 2 aromatic rings. The minimum Gasteiger partial charge on any atom is -0.368 e. The van der Waals surface area contributed by atoms with Gasteiger partial charge in [0.15, 0.2) is 0 Å². The van der Waals surface area contributed by atoms with E-state index >= 15 is 0 Å². The number of halogens is 2. The summed E-state index contributed by atoms with van der Waals surface area (Å²) in [4.78, 5) is 0. The molecule has 0 aliphatic heterocycles. The van der Waals surface area contributed by atoms with Crippen LogP contribution in [0, 0.1) is 0 Å². The van der Waals surface area contributed by atoms with Crippen LogP contribution < -0.4 is 5.73 Å². The molecule has 0 bridgehead atoms. The van der Waals surface area contributed by atoms with Gasteiger partial charge in [0.1, 0.15) is 11.9 Å². The van der Waals surface area contributed by atoms with E-state index < -0.39 is 6.17 Å². The molecule has 0 aliphatic rings. The first kappa shape index (κ1) is 11.0. The van der Waals surface area contributed by atoms with Crippen LogP contribution in [-0.2, 0) is 0 Å². The van der Waals surface area contributed by atoms with Gasteiger partial charge in [-0.3, -0.25) is 0 Å². The van der Waals surface area contributed by atoms with Gasteiger partial charge in [-0.25, -0.2) is 4.39 Å². The third-order valence-electron chi connectivity index (χ3n) is 2.26. The van der Waals surface area contributed by atoms with E-state index in [-0.39, 0.29) is 5.88 Å². The van der Waals surface area contributed by atoms with Crippen molar-refractivity contribution in [2.45, 2.75) is 13.1 Å². The second-order valence-corrected chi connectivity index (χ2v) is 3.84. The topological polar surface area (TPSA) is 52.0 Å². The predicted octanol–water partition coefficient (Wildman–Crippen LogP) is 3.61. The summed E-state index contributed by atoms with van der Waals surface area (Å²) in [5.41, 5.74) is 6.91. The number of anilines is 1. The van der Waals surface area contributed by atoms with E-state index in [2.05, 4.69) is 5.16 Å². The number of rotatable bonds is 2. The van der Waals surface area contributed by atoms with Crippen molar-refractivity contribution in [3.8, 4) is 11.3 Å². The Morgan fingerprint density at radius 1 is 1.50 bits per heavy atom. The van der Waals surface area contributed by atoms with E-state index in [1.807, 2.05) is 0 Å². The average Bonchev–Trinajstić information content (AvgIpc) is 2.63. The van der Waals surface area contributed by atoms with Crippen molar-refractivity contribution in [2.75, 3.05) is 5.73 Å². The highest BCUT2D eigenvalue weighted by atomic mass is 35.5. The van der Waals surface area contributed by atoms with Gasteiger partial charge in [-0.1, -0.05) is 28.9 Å². The Kier molecular flexibility index (Phi) is 2.83. The number of nitrogens with zero attached hydrogens (tertiary/aromatic N) is 1. The number of aromatic nitrogens is 1. The molecule has 0 saturated carbocycles. The zero-order valence-corrected chi connectivity index (χ0v) is 9.33. The van der Waals surface area contributed by atoms with Gasteiger partial charge >= 0.3 is 0 Å². The lowest BCUT2D eigenvalue weighted by atomic mass is 10.0. The minimum absolute atomic E-state index is 0.187. The molecular weight excluding hydrogens is 231 g/mol. The Morgan fingerprint density at radius 3 is 2.81 bits per heavy atom. The zero-order chi connectivity index (χ0) is 11.7. The Hall–Kier alpha value is -1.55. The molecule has 5 heteroatoms. The lowest BCUT2D eigenvalue weighted by molar-refractivity contribution is 0.375. The number of nitrogen functional groups attached to an aromatic ring is 1. The monoisotopic (exact) mass is 240 g/mol. The summed E-state index contributed by atoms with van der Waals surface area (Å²) >= 11 is 5.95. The van der Waals surface area contributed by atoms with Crippen LogP contribution in [0.5, 0.6) is 0 Å². The van der Waals surface area contributed by atoms with Crippen molar-refractivity contribution in [1.29, 1.82) is 0 Å². The first-order chi connectivity index (χ1) is 7.59. The second-order valence-electron chi connectivity index (χ2n) is 3.43. The van der Waals surface area contributed by atoms with Gasteiger partial charge in [0, 0.05) is 22.2 Å². The van der Waals surface area contributed by atoms with E-state index in [1.54, 1.807) is 18.2 Å². The van der Waals surface area contributed by atoms with Gasteiger partial charge in [0.05, 0.1) is 0 Å². The van der Waals surface area contributed by atoms with E-state index in [0.717, 1.165) is 0 Å². The number of hydrogen-bond donors (Lipinski definition) is 1. The third kappa shape index (κ3) is 1.88. The fraction of sp³-hybridized carbons (Fsp3) is 0.182. The molecule has 1 aromatic heterocycles. The summed E-state index contributed by atoms with van der Waals surface area (Å²) in [5, 5.41) is 4.11. The zero-order valence-electron chi connectivity index (χ0n) is 8.58. The van der Waals surface area contributed by atoms with Crippen molar-refractivity contribution >= 4 is 17.5 Å². The van der Waals surface area contributed by atoms with Gasteiger partial charge < -0.3 is 10.3 Å². The number of hydrogen-bond acceptors (Lipinski definition) is 3. The molecular formula is C11H10ClFN2O. The van der Waals surface area contributed by atoms with E-state index in [9.17, 15) is 4.39 Å². The molecule has 0 aliphatic carbocycles. The molecule has 1 heterocycles. The standard InChI is InChI=1S/C11H10ClFN2O/c1-6(13)11-7(3-2-4-8(11)12)9-5-10(14)16-15-9/h2-6H,14H2,1H3. The molecule has 84 valence electrons. The molecule has 3 nitrogen and oxygen atoms in total. The van der Waals surface area contributed by atoms with Gasteiger partial charge in [-0.05, 0) is 13.0 Å². The maximum Gasteiger partial charge on any atom is 0.222 e. The second kappa shape index (κ2) is 4.14. The quantitative estimate of drug-likeness (QED) is 0.872. The normalized spacial score (nSPS) is 12.7. The molecule has 0 spiro atoms. The SMILES string of the molecule is CC(F)c1c(Cl)cccc1-c1cc(N)on1. The van der Waals surface area contributed by atoms with Crippen LogP contribution >= 0.6 is 11.6 Å². The van der Waals surface area contributed by atoms with Crippen LogP contribution in [0.25, 0.3) is 11.3 Å². The van der Waals surface area contributed by atoms with Gasteiger partial charge in [-0.2, -0.15) is 0 Å². The number of alkyl halides is 1. The van der Waals surface area contributed by atoms with Crippen molar-refractivity contribution < 1.29 is 8.91 Å². The Balaban J connectivity index is 2.60. The van der Waals surface area contributed by atoms with Crippen LogP contribution in [0.1, 0.15) is 18.7 Å². The molecule has 0 radical (unpaired) electrons. The van der Waals surface area contributed by atoms with Crippen molar-refractivity contribution in [3.05, 3.63) is 34.9 Å². The molecule has 0 fully saturated rings. The lowest BCUT2D eigenvalue weighted by Crippen LogP contribution is -1.92. The summed E-state index contributed by atoms with van der Waals surface area (Å²) in [6.07, 6.45) is -1.18. The average molecular weight is 241 g/mol. The van der Waals surface area contributed by atoms with Gasteiger partial charge in [0.2, 0.25) is 5.88 Å². The van der Waals surface area contributed by atoms with Crippen LogP contribution in [0.15, 0.2) is 28.8 Å². The highest BCUT2D eigenvalue weighted by molar-refractivity contribution is 6.31. The highest BCUT2D eigenvalue weighted by Gasteiger charge is 2.17. The largest absolute Gasteiger partial charge is 0.368 e. The van der Waals surface area contributed by atoms with Crippen LogP contribution in [0.3, 0.4) is 0 Å². The minimum atomic E-state index is -1.18. The molecule has 0 saturated heterocycles. The van der Waals surface area contributed by atoms with E-state index in [1.165, 1.54) is 13.0 Å². The van der Waals surface area contributed by atoms with Crippen LogP contribution in [0.2, 0.25) is 5.02 Å². The smallest absolute Gasteiger partial charge is 0.222 e. The summed E-state index contributed by atoms with van der Waals surface area (Å²) in [5.74, 6) is 0.187. The van der Waals surface area contributed by atoms with Crippen molar-refractivity contribution in [1.82, 2.24) is 5.16 Å². The predicted molar refractivity (Wildman–Crippen MR) is 60.9 cm³/mol. The molecule has 0 amide bonds. The fourth-order valence-corrected chi connectivity index (χ4v) is 1.91. The Morgan fingerprint density at radius 2 is 2.25 bits per heavy atom. The van der Waals surface area contributed by atoms with Crippen molar-refractivity contribution in [3.63, 3.8) is 0 Å². The third-order valence-corrected chi connectivity index (χ3v) is 2.58. The van der Waals surface area contributed by atoms with Crippen LogP contribution in [0.4, 0.5) is 10.3 Å². The molecule has 1 unspecified atom stereocenters. The van der Waals surface area contributed by atoms with Crippen LogP contribution in [-0.4, -0.2) is 5.16 Å². The summed E-state index contributed by atoms with van der Waals surface area (Å²) in [6, 6.07) is 6.64. The van der Waals surface area contributed by atoms with E-state index in [4.69, 9.17) is 21.9 Å². The summed E-state index contributed by atoms with van der Waals surface area (Å²) in [6.45, 7) is 1.42. The maximum absolute atomic E-state index is 13.5. The summed E-state index contributed by atoms with van der Waals surface area (Å²) < 4.78 is 18.2. The number of nitrogens with two attached hydrogens (primary N) is 1. The lowest BCUT2D eigenvalue weighted by Gasteiger charge is -2.09. The first-order valence-electron chi connectivity index (χ1n) is 4.74. The maximum atomic E-state index is 13.5. The summed E-state index contributed by atoms with van der Waals surface area (Å²) in [7, 11) is 0. The van der Waals surface area contributed by atoms with Gasteiger partial charge in [-0.15, -0.1) is 0 Å². The first-order valence-corrected chi connectivity index (χ1v) is 5.12. The number of benzene rings is 1. The Bertz CT molecular complexity index is 510. The van der Waals surface area contributed by atoms with Crippen molar-refractivity contribution in [2.24, 2.45) is 0 Å². The molecule has 16 heavy (non-hydrogen) atoms. The van der Waals surface area contributed by atoms with Gasteiger partial charge in [0.25, 0.3) is 0 Å². The molecule has 2 N–H and O–H groups in total. The van der Waals surface area contributed by atoms with E-state index in [0.29, 0.717) is 21.8 Å².